The lowest BCUT2D eigenvalue weighted by Crippen LogP contribution is -2.30. The first-order valence-corrected chi connectivity index (χ1v) is 8.74. The number of aromatic nitrogens is 2. The van der Waals surface area contributed by atoms with Gasteiger partial charge in [0.2, 0.25) is 0 Å². The maximum absolute atomic E-state index is 12.9. The Balaban J connectivity index is 1.85. The van der Waals surface area contributed by atoms with Crippen LogP contribution >= 0.6 is 0 Å². The molecule has 0 saturated heterocycles. The van der Waals surface area contributed by atoms with Crippen molar-refractivity contribution in [2.45, 2.75) is 40.2 Å². The fourth-order valence-corrected chi connectivity index (χ4v) is 2.89. The first kappa shape index (κ1) is 18.6. The van der Waals surface area contributed by atoms with Gasteiger partial charge in [0.15, 0.2) is 11.9 Å². The van der Waals surface area contributed by atoms with Crippen molar-refractivity contribution in [1.82, 2.24) is 10.1 Å². The third kappa shape index (κ3) is 3.81. The molecule has 0 spiro atoms. The standard InChI is InChI=1S/C20H21N3O4/c1-5-15-12(3)18(14-8-6-7-9-16(14)21-15)20(25)26-13(4)19(24)22-17-10-11(2)27-23-17/h6-10,13H,5H2,1-4H3,(H,22,23,24). The number of rotatable bonds is 5. The molecule has 3 rings (SSSR count). The quantitative estimate of drug-likeness (QED) is 0.693. The minimum atomic E-state index is -0.995. The Morgan fingerprint density at radius 2 is 2.00 bits per heavy atom. The van der Waals surface area contributed by atoms with E-state index in [0.717, 1.165) is 16.8 Å². The number of benzene rings is 1. The average Bonchev–Trinajstić information content (AvgIpc) is 3.05. The van der Waals surface area contributed by atoms with E-state index in [1.165, 1.54) is 6.92 Å². The van der Waals surface area contributed by atoms with Crippen LogP contribution in [0.2, 0.25) is 0 Å². The molecule has 27 heavy (non-hydrogen) atoms. The number of carbonyl (C=O) groups is 2. The minimum Gasteiger partial charge on any atom is -0.449 e. The lowest BCUT2D eigenvalue weighted by Gasteiger charge is -2.16. The van der Waals surface area contributed by atoms with E-state index in [-0.39, 0.29) is 5.82 Å². The lowest BCUT2D eigenvalue weighted by molar-refractivity contribution is -0.123. The third-order valence-corrected chi connectivity index (χ3v) is 4.31. The van der Waals surface area contributed by atoms with Gasteiger partial charge in [-0.15, -0.1) is 0 Å². The summed E-state index contributed by atoms with van der Waals surface area (Å²) >= 11 is 0. The van der Waals surface area contributed by atoms with Crippen molar-refractivity contribution in [1.29, 1.82) is 0 Å². The van der Waals surface area contributed by atoms with Crippen LogP contribution in [0, 0.1) is 13.8 Å². The molecule has 0 aliphatic carbocycles. The molecule has 1 unspecified atom stereocenters. The Morgan fingerprint density at radius 1 is 1.26 bits per heavy atom. The van der Waals surface area contributed by atoms with Crippen LogP contribution in [0.5, 0.6) is 0 Å². The summed E-state index contributed by atoms with van der Waals surface area (Å²) in [5.74, 6) is -0.191. The summed E-state index contributed by atoms with van der Waals surface area (Å²) < 4.78 is 10.3. The monoisotopic (exact) mass is 367 g/mol. The molecule has 2 aromatic heterocycles. The summed E-state index contributed by atoms with van der Waals surface area (Å²) in [5, 5.41) is 6.96. The number of esters is 1. The number of nitrogens with one attached hydrogen (secondary N) is 1. The number of aryl methyl sites for hydroxylation is 2. The molecule has 1 aromatic carbocycles. The zero-order chi connectivity index (χ0) is 19.6. The van der Waals surface area contributed by atoms with Crippen molar-refractivity contribution < 1.29 is 18.8 Å². The van der Waals surface area contributed by atoms with Crippen LogP contribution in [0.3, 0.4) is 0 Å². The Hall–Kier alpha value is -3.22. The van der Waals surface area contributed by atoms with Gasteiger partial charge in [-0.3, -0.25) is 9.78 Å². The van der Waals surface area contributed by atoms with Gasteiger partial charge in [0.25, 0.3) is 5.91 Å². The van der Waals surface area contributed by atoms with Crippen LogP contribution in [0.1, 0.15) is 41.2 Å². The molecule has 3 aromatic rings. The molecule has 140 valence electrons. The SMILES string of the molecule is CCc1nc2ccccc2c(C(=O)OC(C)C(=O)Nc2cc(C)on2)c1C. The Labute approximate surface area is 156 Å². The van der Waals surface area contributed by atoms with Crippen molar-refractivity contribution in [3.8, 4) is 0 Å². The largest absolute Gasteiger partial charge is 0.449 e. The van der Waals surface area contributed by atoms with Crippen molar-refractivity contribution in [3.05, 3.63) is 52.9 Å². The summed E-state index contributed by atoms with van der Waals surface area (Å²) in [6, 6.07) is 8.98. The van der Waals surface area contributed by atoms with Gasteiger partial charge in [0, 0.05) is 17.1 Å². The molecular formula is C20H21N3O4. The lowest BCUT2D eigenvalue weighted by atomic mass is 10.0. The van der Waals surface area contributed by atoms with E-state index in [0.29, 0.717) is 23.1 Å². The predicted octanol–water partition coefficient (Wildman–Crippen LogP) is 3.59. The first-order valence-electron chi connectivity index (χ1n) is 8.74. The molecule has 0 aliphatic heterocycles. The summed E-state index contributed by atoms with van der Waals surface area (Å²) in [7, 11) is 0. The fraction of sp³-hybridized carbons (Fsp3) is 0.300. The minimum absolute atomic E-state index is 0.277. The zero-order valence-electron chi connectivity index (χ0n) is 15.7. The highest BCUT2D eigenvalue weighted by Gasteiger charge is 2.24. The van der Waals surface area contributed by atoms with E-state index in [9.17, 15) is 9.59 Å². The molecule has 0 radical (unpaired) electrons. The van der Waals surface area contributed by atoms with Crippen LogP contribution in [0.4, 0.5) is 5.82 Å². The van der Waals surface area contributed by atoms with Gasteiger partial charge in [0.05, 0.1) is 11.1 Å². The van der Waals surface area contributed by atoms with Crippen LogP contribution < -0.4 is 5.32 Å². The number of pyridine rings is 1. The Bertz CT molecular complexity index is 1010. The summed E-state index contributed by atoms with van der Waals surface area (Å²) in [6.45, 7) is 7.06. The van der Waals surface area contributed by atoms with Gasteiger partial charge < -0.3 is 14.6 Å². The normalized spacial score (nSPS) is 12.0. The highest BCUT2D eigenvalue weighted by molar-refractivity contribution is 6.06. The van der Waals surface area contributed by atoms with Crippen molar-refractivity contribution in [2.75, 3.05) is 5.32 Å². The summed E-state index contributed by atoms with van der Waals surface area (Å²) in [5.41, 5.74) is 2.76. The zero-order valence-corrected chi connectivity index (χ0v) is 15.7. The van der Waals surface area contributed by atoms with Gasteiger partial charge in [0.1, 0.15) is 5.76 Å². The molecule has 7 heteroatoms. The number of ether oxygens (including phenoxy) is 1. The molecule has 1 amide bonds. The molecule has 1 atom stereocenters. The molecule has 0 bridgehead atoms. The molecule has 2 heterocycles. The Morgan fingerprint density at radius 3 is 2.67 bits per heavy atom. The van der Waals surface area contributed by atoms with Crippen molar-refractivity contribution >= 4 is 28.6 Å². The van der Waals surface area contributed by atoms with Crippen LogP contribution in [0.15, 0.2) is 34.9 Å². The van der Waals surface area contributed by atoms with Crippen molar-refractivity contribution in [2.24, 2.45) is 0 Å². The Kier molecular flexibility index (Phi) is 5.21. The highest BCUT2D eigenvalue weighted by Crippen LogP contribution is 2.25. The first-order chi connectivity index (χ1) is 12.9. The number of amides is 1. The number of hydrogen-bond donors (Lipinski definition) is 1. The number of anilines is 1. The second-order valence-corrected chi connectivity index (χ2v) is 6.29. The van der Waals surface area contributed by atoms with Crippen LogP contribution in [0.25, 0.3) is 10.9 Å². The summed E-state index contributed by atoms with van der Waals surface area (Å²) in [6.07, 6.45) is -0.302. The topological polar surface area (TPSA) is 94.3 Å². The van der Waals surface area contributed by atoms with E-state index in [1.54, 1.807) is 13.0 Å². The van der Waals surface area contributed by atoms with Gasteiger partial charge in [-0.2, -0.15) is 0 Å². The van der Waals surface area contributed by atoms with E-state index in [4.69, 9.17) is 9.26 Å². The van der Waals surface area contributed by atoms with E-state index in [1.807, 2.05) is 38.1 Å². The van der Waals surface area contributed by atoms with E-state index in [2.05, 4.69) is 15.5 Å². The van der Waals surface area contributed by atoms with Crippen LogP contribution in [-0.2, 0) is 16.0 Å². The predicted molar refractivity (Wildman–Crippen MR) is 101 cm³/mol. The van der Waals surface area contributed by atoms with Gasteiger partial charge in [-0.1, -0.05) is 30.3 Å². The smallest absolute Gasteiger partial charge is 0.339 e. The molecule has 0 fully saturated rings. The number of fused-ring (bicyclic) bond motifs is 1. The highest BCUT2D eigenvalue weighted by atomic mass is 16.5. The second kappa shape index (κ2) is 7.57. The van der Waals surface area contributed by atoms with E-state index >= 15 is 0 Å². The molecular weight excluding hydrogens is 346 g/mol. The molecule has 0 aliphatic rings. The molecule has 0 saturated carbocycles. The number of para-hydroxylation sites is 1. The fourth-order valence-electron chi connectivity index (χ4n) is 2.89. The maximum Gasteiger partial charge on any atom is 0.339 e. The van der Waals surface area contributed by atoms with Gasteiger partial charge in [-0.05, 0) is 38.8 Å². The van der Waals surface area contributed by atoms with E-state index < -0.39 is 18.0 Å². The average molecular weight is 367 g/mol. The number of carbonyl (C=O) groups excluding carboxylic acids is 2. The second-order valence-electron chi connectivity index (χ2n) is 6.29. The van der Waals surface area contributed by atoms with Crippen LogP contribution in [-0.4, -0.2) is 28.1 Å². The van der Waals surface area contributed by atoms with Crippen molar-refractivity contribution in [3.63, 3.8) is 0 Å². The van der Waals surface area contributed by atoms with Gasteiger partial charge >= 0.3 is 5.97 Å². The third-order valence-electron chi connectivity index (χ3n) is 4.31. The molecule has 7 nitrogen and oxygen atoms in total. The molecule has 1 N–H and O–H groups in total. The number of nitrogens with zero attached hydrogens (tertiary/aromatic N) is 2. The van der Waals surface area contributed by atoms with Gasteiger partial charge in [-0.25, -0.2) is 4.79 Å². The summed E-state index contributed by atoms with van der Waals surface area (Å²) in [4.78, 5) is 29.7. The maximum atomic E-state index is 12.9. The number of hydrogen-bond acceptors (Lipinski definition) is 6.